The molecule has 0 saturated heterocycles. The smallest absolute Gasteiger partial charge is 0.408 e. The van der Waals surface area contributed by atoms with Gasteiger partial charge in [-0.2, -0.15) is 0 Å². The van der Waals surface area contributed by atoms with E-state index in [9.17, 15) is 9.59 Å². The van der Waals surface area contributed by atoms with E-state index in [0.29, 0.717) is 0 Å². The van der Waals surface area contributed by atoms with Crippen LogP contribution in [0.2, 0.25) is 0 Å². The summed E-state index contributed by atoms with van der Waals surface area (Å²) in [5, 5.41) is 2.79. The summed E-state index contributed by atoms with van der Waals surface area (Å²) in [7, 11) is 0. The van der Waals surface area contributed by atoms with Gasteiger partial charge in [-0.15, -0.1) is 0 Å². The third-order valence-electron chi connectivity index (χ3n) is 5.59. The van der Waals surface area contributed by atoms with Gasteiger partial charge in [0.1, 0.15) is 11.7 Å². The molecule has 0 spiro atoms. The summed E-state index contributed by atoms with van der Waals surface area (Å²) in [5.74, 6) is -0.335. The van der Waals surface area contributed by atoms with Crippen molar-refractivity contribution in [2.45, 2.75) is 70.1 Å². The van der Waals surface area contributed by atoms with E-state index in [1.807, 2.05) is 48.5 Å². The van der Waals surface area contributed by atoms with E-state index < -0.39 is 23.7 Å². The minimum atomic E-state index is -0.739. The first-order valence-corrected chi connectivity index (χ1v) is 11.2. The van der Waals surface area contributed by atoms with Crippen LogP contribution in [0.25, 0.3) is 0 Å². The summed E-state index contributed by atoms with van der Waals surface area (Å²) in [6.07, 6.45) is 3.10. The van der Waals surface area contributed by atoms with Crippen molar-refractivity contribution < 1.29 is 19.1 Å². The highest BCUT2D eigenvalue weighted by atomic mass is 16.6. The number of carbonyl (C=O) groups is 2. The number of benzene rings is 2. The molecule has 0 aromatic heterocycles. The van der Waals surface area contributed by atoms with Crippen LogP contribution in [0.1, 0.15) is 69.5 Å². The van der Waals surface area contributed by atoms with Crippen molar-refractivity contribution in [1.29, 1.82) is 0 Å². The maximum Gasteiger partial charge on any atom is 0.408 e. The van der Waals surface area contributed by atoms with Crippen molar-refractivity contribution in [3.63, 3.8) is 0 Å². The van der Waals surface area contributed by atoms with Crippen LogP contribution in [-0.4, -0.2) is 23.8 Å². The highest BCUT2D eigenvalue weighted by Crippen LogP contribution is 2.36. The number of amides is 1. The van der Waals surface area contributed by atoms with Gasteiger partial charge < -0.3 is 14.8 Å². The minimum Gasteiger partial charge on any atom is -0.458 e. The third-order valence-corrected chi connectivity index (χ3v) is 5.59. The number of esters is 1. The molecule has 2 aromatic carbocycles. The predicted octanol–water partition coefficient (Wildman–Crippen LogP) is 6.08. The lowest BCUT2D eigenvalue weighted by Gasteiger charge is -2.32. The fourth-order valence-electron chi connectivity index (χ4n) is 4.09. The molecule has 3 atom stereocenters. The van der Waals surface area contributed by atoms with Crippen molar-refractivity contribution in [1.82, 2.24) is 5.32 Å². The van der Waals surface area contributed by atoms with Crippen LogP contribution < -0.4 is 5.32 Å². The van der Waals surface area contributed by atoms with E-state index in [-0.39, 0.29) is 17.6 Å². The first kappa shape index (κ1) is 23.6. The normalized spacial score (nSPS) is 19.5. The first-order valence-electron chi connectivity index (χ1n) is 11.2. The topological polar surface area (TPSA) is 64.6 Å². The zero-order valence-corrected chi connectivity index (χ0v) is 19.2. The summed E-state index contributed by atoms with van der Waals surface area (Å²) >= 11 is 0. The number of rotatable bonds is 6. The summed E-state index contributed by atoms with van der Waals surface area (Å²) in [6, 6.07) is 18.7. The van der Waals surface area contributed by atoms with Crippen LogP contribution in [0.15, 0.2) is 72.8 Å². The Labute approximate surface area is 190 Å². The maximum absolute atomic E-state index is 13.2. The number of ether oxygens (including phenoxy) is 2. The Balaban J connectivity index is 1.76. The Kier molecular flexibility index (Phi) is 7.73. The molecule has 1 aliphatic carbocycles. The molecule has 1 unspecified atom stereocenters. The highest BCUT2D eigenvalue weighted by molar-refractivity contribution is 5.90. The largest absolute Gasteiger partial charge is 0.458 e. The molecule has 1 aliphatic rings. The van der Waals surface area contributed by atoms with E-state index >= 15 is 0 Å². The fourth-order valence-corrected chi connectivity index (χ4v) is 4.09. The second kappa shape index (κ2) is 10.5. The van der Waals surface area contributed by atoms with Gasteiger partial charge in [-0.05, 0) is 51.2 Å². The summed E-state index contributed by atoms with van der Waals surface area (Å²) < 4.78 is 11.4. The Morgan fingerprint density at radius 1 is 0.969 bits per heavy atom. The van der Waals surface area contributed by atoms with Gasteiger partial charge in [-0.1, -0.05) is 73.7 Å². The second-order valence-electron chi connectivity index (χ2n) is 9.26. The number of alkyl carbamates (subject to hydrolysis) is 1. The SMILES string of the molecule is C=C(C(=O)O[C@@H]1CCCC[C@H]1c1ccccc1)C(NC(=O)OC(C)(C)C)c1ccccc1. The van der Waals surface area contributed by atoms with Crippen LogP contribution >= 0.6 is 0 Å². The molecule has 1 amide bonds. The molecule has 1 N–H and O–H groups in total. The number of hydrogen-bond donors (Lipinski definition) is 1. The molecule has 1 saturated carbocycles. The molecule has 0 bridgehead atoms. The quantitative estimate of drug-likeness (QED) is 0.441. The second-order valence-corrected chi connectivity index (χ2v) is 9.26. The van der Waals surface area contributed by atoms with Gasteiger partial charge in [0.15, 0.2) is 0 Å². The fraction of sp³-hybridized carbons (Fsp3) is 0.407. The molecule has 32 heavy (non-hydrogen) atoms. The molecular weight excluding hydrogens is 402 g/mol. The van der Waals surface area contributed by atoms with Crippen molar-refractivity contribution >= 4 is 12.1 Å². The molecule has 170 valence electrons. The lowest BCUT2D eigenvalue weighted by Crippen LogP contribution is -2.38. The summed E-state index contributed by atoms with van der Waals surface area (Å²) in [6.45, 7) is 9.37. The van der Waals surface area contributed by atoms with Gasteiger partial charge in [0.2, 0.25) is 0 Å². The van der Waals surface area contributed by atoms with E-state index in [0.717, 1.165) is 31.2 Å². The van der Waals surface area contributed by atoms with Crippen molar-refractivity contribution in [3.05, 3.63) is 83.9 Å². The van der Waals surface area contributed by atoms with Crippen molar-refractivity contribution in [3.8, 4) is 0 Å². The number of carbonyl (C=O) groups excluding carboxylic acids is 2. The van der Waals surface area contributed by atoms with Gasteiger partial charge in [0.25, 0.3) is 0 Å². The molecule has 3 rings (SSSR count). The highest BCUT2D eigenvalue weighted by Gasteiger charge is 2.32. The molecule has 1 fully saturated rings. The molecule has 0 aliphatic heterocycles. The Morgan fingerprint density at radius 2 is 1.56 bits per heavy atom. The van der Waals surface area contributed by atoms with Crippen molar-refractivity contribution in [2.75, 3.05) is 0 Å². The first-order chi connectivity index (χ1) is 15.2. The minimum absolute atomic E-state index is 0.163. The van der Waals surface area contributed by atoms with E-state index in [1.54, 1.807) is 20.8 Å². The lowest BCUT2D eigenvalue weighted by molar-refractivity contribution is -0.147. The lowest BCUT2D eigenvalue weighted by atomic mass is 9.81. The zero-order valence-electron chi connectivity index (χ0n) is 19.2. The van der Waals surface area contributed by atoms with Crippen LogP contribution in [0, 0.1) is 0 Å². The van der Waals surface area contributed by atoms with Gasteiger partial charge in [-0.3, -0.25) is 0 Å². The summed E-state index contributed by atoms with van der Waals surface area (Å²) in [4.78, 5) is 25.6. The third kappa shape index (κ3) is 6.46. The standard InChI is InChI=1S/C27H33NO4/c1-19(24(21-15-9-6-10-16-21)28-26(30)32-27(2,3)4)25(29)31-23-18-12-11-17-22(23)20-13-7-5-8-14-20/h5-10,13-16,22-24H,1,11-12,17-18H2,2-4H3,(H,28,30)/t22-,23+,24?/m0/s1. The molecule has 2 aromatic rings. The zero-order chi connectivity index (χ0) is 23.1. The molecule has 5 heteroatoms. The van der Waals surface area contributed by atoms with Crippen LogP contribution in [0.4, 0.5) is 4.79 Å². The van der Waals surface area contributed by atoms with Gasteiger partial charge >= 0.3 is 12.1 Å². The van der Waals surface area contributed by atoms with Gasteiger partial charge in [0.05, 0.1) is 11.6 Å². The Morgan fingerprint density at radius 3 is 2.19 bits per heavy atom. The van der Waals surface area contributed by atoms with E-state index in [4.69, 9.17) is 9.47 Å². The van der Waals surface area contributed by atoms with Gasteiger partial charge in [-0.25, -0.2) is 9.59 Å². The molecule has 5 nitrogen and oxygen atoms in total. The Bertz CT molecular complexity index is 918. The Hall–Kier alpha value is -3.08. The molecule has 0 radical (unpaired) electrons. The average molecular weight is 436 g/mol. The van der Waals surface area contributed by atoms with Crippen LogP contribution in [-0.2, 0) is 14.3 Å². The number of hydrogen-bond acceptors (Lipinski definition) is 4. The number of nitrogens with one attached hydrogen (secondary N) is 1. The average Bonchev–Trinajstić information content (AvgIpc) is 2.77. The van der Waals surface area contributed by atoms with Crippen LogP contribution in [0.3, 0.4) is 0 Å². The maximum atomic E-state index is 13.2. The summed E-state index contributed by atoms with van der Waals surface area (Å²) in [5.41, 5.74) is 1.45. The van der Waals surface area contributed by atoms with Crippen LogP contribution in [0.5, 0.6) is 0 Å². The van der Waals surface area contributed by atoms with E-state index in [2.05, 4.69) is 24.0 Å². The predicted molar refractivity (Wildman–Crippen MR) is 125 cm³/mol. The van der Waals surface area contributed by atoms with Crippen molar-refractivity contribution in [2.24, 2.45) is 0 Å². The monoisotopic (exact) mass is 435 g/mol. The molecular formula is C27H33NO4. The van der Waals surface area contributed by atoms with Gasteiger partial charge in [0, 0.05) is 5.92 Å². The van der Waals surface area contributed by atoms with E-state index in [1.165, 1.54) is 5.56 Å². The molecule has 0 heterocycles.